The Morgan fingerprint density at radius 1 is 1.30 bits per heavy atom. The fraction of sp³-hybridized carbons (Fsp3) is 0.500. The van der Waals surface area contributed by atoms with Gasteiger partial charge >= 0.3 is 6.03 Å². The van der Waals surface area contributed by atoms with E-state index in [0.29, 0.717) is 24.8 Å². The summed E-state index contributed by atoms with van der Waals surface area (Å²) in [6.45, 7) is 1.49. The Labute approximate surface area is 158 Å². The smallest absolute Gasteiger partial charge is 0.325 e. The van der Waals surface area contributed by atoms with E-state index in [1.807, 2.05) is 13.0 Å². The standard InChI is InChI=1S/C18H23N3O5S/c1-2-9-18(13-6-4-3-5-7-13)16(23)21(17(24)20-18)11-15(22)19-14-8-10-27(25,26)12-14/h3-7,14H,2,8-12H2,1H3,(H,19,22)(H,20,24). The van der Waals surface area contributed by atoms with Gasteiger partial charge < -0.3 is 10.6 Å². The van der Waals surface area contributed by atoms with Gasteiger partial charge in [-0.05, 0) is 18.4 Å². The summed E-state index contributed by atoms with van der Waals surface area (Å²) in [7, 11) is -3.13. The molecule has 2 N–H and O–H groups in total. The van der Waals surface area contributed by atoms with E-state index in [9.17, 15) is 22.8 Å². The molecule has 2 saturated heterocycles. The van der Waals surface area contributed by atoms with Crippen LogP contribution in [0.3, 0.4) is 0 Å². The number of rotatable bonds is 6. The van der Waals surface area contributed by atoms with Crippen LogP contribution in [0.25, 0.3) is 0 Å². The number of benzene rings is 1. The van der Waals surface area contributed by atoms with E-state index in [1.165, 1.54) is 0 Å². The molecule has 146 valence electrons. The summed E-state index contributed by atoms with van der Waals surface area (Å²) in [4.78, 5) is 38.7. The summed E-state index contributed by atoms with van der Waals surface area (Å²) in [6.07, 6.45) is 1.43. The zero-order chi connectivity index (χ0) is 19.7. The Morgan fingerprint density at radius 2 is 2.00 bits per heavy atom. The summed E-state index contributed by atoms with van der Waals surface area (Å²) >= 11 is 0. The molecule has 1 aromatic rings. The predicted molar refractivity (Wildman–Crippen MR) is 98.5 cm³/mol. The van der Waals surface area contributed by atoms with Crippen molar-refractivity contribution >= 4 is 27.7 Å². The van der Waals surface area contributed by atoms with Crippen LogP contribution in [0, 0.1) is 0 Å². The maximum Gasteiger partial charge on any atom is 0.325 e. The average Bonchev–Trinajstić information content (AvgIpc) is 3.08. The lowest BCUT2D eigenvalue weighted by Crippen LogP contribution is -2.46. The maximum atomic E-state index is 13.1. The maximum absolute atomic E-state index is 13.1. The predicted octanol–water partition coefficient (Wildman–Crippen LogP) is 0.537. The van der Waals surface area contributed by atoms with Crippen LogP contribution in [0.1, 0.15) is 31.7 Å². The highest BCUT2D eigenvalue weighted by atomic mass is 32.2. The Balaban J connectivity index is 1.74. The minimum absolute atomic E-state index is 0.0364. The largest absolute Gasteiger partial charge is 0.351 e. The molecule has 2 unspecified atom stereocenters. The monoisotopic (exact) mass is 393 g/mol. The molecule has 0 saturated carbocycles. The van der Waals surface area contributed by atoms with Gasteiger partial charge in [-0.1, -0.05) is 43.7 Å². The second kappa shape index (κ2) is 7.30. The second-order valence-electron chi connectivity index (χ2n) is 7.01. The molecule has 2 aliphatic rings. The van der Waals surface area contributed by atoms with Gasteiger partial charge in [-0.2, -0.15) is 0 Å². The van der Waals surface area contributed by atoms with Crippen molar-refractivity contribution in [3.05, 3.63) is 35.9 Å². The van der Waals surface area contributed by atoms with Gasteiger partial charge in [0.2, 0.25) is 5.91 Å². The molecule has 0 aromatic heterocycles. The molecule has 2 heterocycles. The first-order valence-electron chi connectivity index (χ1n) is 8.97. The number of hydrogen-bond acceptors (Lipinski definition) is 5. The van der Waals surface area contributed by atoms with Crippen molar-refractivity contribution in [1.82, 2.24) is 15.5 Å². The number of nitrogens with one attached hydrogen (secondary N) is 2. The van der Waals surface area contributed by atoms with E-state index in [0.717, 1.165) is 4.90 Å². The lowest BCUT2D eigenvalue weighted by atomic mass is 9.85. The minimum Gasteiger partial charge on any atom is -0.351 e. The van der Waals surface area contributed by atoms with Gasteiger partial charge in [0.15, 0.2) is 9.84 Å². The van der Waals surface area contributed by atoms with Gasteiger partial charge in [0, 0.05) is 6.04 Å². The van der Waals surface area contributed by atoms with Crippen molar-refractivity contribution < 1.29 is 22.8 Å². The molecule has 0 bridgehead atoms. The van der Waals surface area contributed by atoms with E-state index in [2.05, 4.69) is 10.6 Å². The average molecular weight is 393 g/mol. The van der Waals surface area contributed by atoms with Gasteiger partial charge in [-0.25, -0.2) is 13.2 Å². The Bertz CT molecular complexity index is 855. The zero-order valence-corrected chi connectivity index (χ0v) is 15.9. The number of amides is 4. The summed E-state index contributed by atoms with van der Waals surface area (Å²) in [5, 5.41) is 5.37. The van der Waals surface area contributed by atoms with E-state index in [1.54, 1.807) is 24.3 Å². The zero-order valence-electron chi connectivity index (χ0n) is 15.1. The van der Waals surface area contributed by atoms with E-state index >= 15 is 0 Å². The van der Waals surface area contributed by atoms with Crippen LogP contribution < -0.4 is 10.6 Å². The first-order chi connectivity index (χ1) is 12.8. The molecule has 1 aromatic carbocycles. The number of nitrogens with zero attached hydrogens (tertiary/aromatic N) is 1. The van der Waals surface area contributed by atoms with E-state index in [-0.39, 0.29) is 11.5 Å². The molecule has 0 radical (unpaired) electrons. The molecular weight excluding hydrogens is 370 g/mol. The van der Waals surface area contributed by atoms with Crippen molar-refractivity contribution in [3.8, 4) is 0 Å². The minimum atomic E-state index is -3.13. The summed E-state index contributed by atoms with van der Waals surface area (Å²) in [5.74, 6) is -1.08. The fourth-order valence-electron chi connectivity index (χ4n) is 3.70. The van der Waals surface area contributed by atoms with Crippen LogP contribution in [0.5, 0.6) is 0 Å². The van der Waals surface area contributed by atoms with Crippen LogP contribution in [-0.4, -0.2) is 55.3 Å². The third-order valence-corrected chi connectivity index (χ3v) is 6.73. The Morgan fingerprint density at radius 3 is 2.59 bits per heavy atom. The first kappa shape index (κ1) is 19.3. The van der Waals surface area contributed by atoms with Crippen molar-refractivity contribution in [2.45, 2.75) is 37.8 Å². The van der Waals surface area contributed by atoms with Gasteiger partial charge in [0.25, 0.3) is 5.91 Å². The highest BCUT2D eigenvalue weighted by Gasteiger charge is 2.52. The number of carbonyl (C=O) groups is 3. The lowest BCUT2D eigenvalue weighted by molar-refractivity contribution is -0.135. The third kappa shape index (κ3) is 3.83. The number of urea groups is 1. The molecule has 2 fully saturated rings. The van der Waals surface area contributed by atoms with Crippen LogP contribution in [-0.2, 0) is 25.0 Å². The van der Waals surface area contributed by atoms with E-state index < -0.39 is 45.8 Å². The quantitative estimate of drug-likeness (QED) is 0.685. The summed E-state index contributed by atoms with van der Waals surface area (Å²) < 4.78 is 23.0. The third-order valence-electron chi connectivity index (χ3n) is 4.97. The van der Waals surface area contributed by atoms with Gasteiger partial charge in [0.05, 0.1) is 11.5 Å². The Hall–Kier alpha value is -2.42. The summed E-state index contributed by atoms with van der Waals surface area (Å²) in [6, 6.07) is 7.88. The highest BCUT2D eigenvalue weighted by Crippen LogP contribution is 2.33. The van der Waals surface area contributed by atoms with Crippen LogP contribution in [0.2, 0.25) is 0 Å². The molecule has 0 spiro atoms. The van der Waals surface area contributed by atoms with Crippen molar-refractivity contribution in [3.63, 3.8) is 0 Å². The molecule has 2 aliphatic heterocycles. The van der Waals surface area contributed by atoms with Crippen molar-refractivity contribution in [1.29, 1.82) is 0 Å². The lowest BCUT2D eigenvalue weighted by Gasteiger charge is -2.27. The van der Waals surface area contributed by atoms with Crippen LogP contribution >= 0.6 is 0 Å². The molecule has 8 nitrogen and oxygen atoms in total. The summed E-state index contributed by atoms with van der Waals surface area (Å²) in [5.41, 5.74) is -0.501. The molecule has 2 atom stereocenters. The number of imide groups is 1. The molecule has 0 aliphatic carbocycles. The van der Waals surface area contributed by atoms with Crippen molar-refractivity contribution in [2.75, 3.05) is 18.1 Å². The Kier molecular flexibility index (Phi) is 5.23. The fourth-order valence-corrected chi connectivity index (χ4v) is 5.38. The molecular formula is C18H23N3O5S. The molecule has 27 heavy (non-hydrogen) atoms. The number of hydrogen-bond donors (Lipinski definition) is 2. The molecule has 4 amide bonds. The normalized spacial score (nSPS) is 26.9. The van der Waals surface area contributed by atoms with Crippen LogP contribution in [0.15, 0.2) is 30.3 Å². The van der Waals surface area contributed by atoms with Crippen molar-refractivity contribution in [2.24, 2.45) is 0 Å². The molecule has 3 rings (SSSR count). The molecule has 9 heteroatoms. The first-order valence-corrected chi connectivity index (χ1v) is 10.8. The number of sulfone groups is 1. The topological polar surface area (TPSA) is 113 Å². The van der Waals surface area contributed by atoms with E-state index in [4.69, 9.17) is 0 Å². The second-order valence-corrected chi connectivity index (χ2v) is 9.24. The SMILES string of the molecule is CCCC1(c2ccccc2)NC(=O)N(CC(=O)NC2CCS(=O)(=O)C2)C1=O. The van der Waals surface area contributed by atoms with Gasteiger partial charge in [-0.15, -0.1) is 0 Å². The van der Waals surface area contributed by atoms with Crippen LogP contribution in [0.4, 0.5) is 4.79 Å². The number of carbonyl (C=O) groups excluding carboxylic acids is 3. The van der Waals surface area contributed by atoms with Gasteiger partial charge in [0.1, 0.15) is 12.1 Å². The van der Waals surface area contributed by atoms with Gasteiger partial charge in [-0.3, -0.25) is 14.5 Å². The highest BCUT2D eigenvalue weighted by molar-refractivity contribution is 7.91.